The first-order valence-corrected chi connectivity index (χ1v) is 6.38. The van der Waals surface area contributed by atoms with Crippen molar-refractivity contribution in [2.75, 3.05) is 4.90 Å². The highest BCUT2D eigenvalue weighted by atomic mass is 19.4. The van der Waals surface area contributed by atoms with Gasteiger partial charge < -0.3 is 0 Å². The monoisotopic (exact) mass is 333 g/mol. The predicted octanol–water partition coefficient (Wildman–Crippen LogP) is 1.79. The van der Waals surface area contributed by atoms with Crippen LogP contribution in [0.15, 0.2) is 29.4 Å². The molecule has 3 rings (SSSR count). The zero-order valence-corrected chi connectivity index (χ0v) is 11.1. The lowest BCUT2D eigenvalue weighted by atomic mass is 9.99. The van der Waals surface area contributed by atoms with Crippen molar-refractivity contribution in [1.29, 1.82) is 0 Å². The maximum Gasteiger partial charge on any atom is 0.416 e. The van der Waals surface area contributed by atoms with E-state index in [-0.39, 0.29) is 5.69 Å². The average Bonchev–Trinajstić information content (AvgIpc) is 3.00. The summed E-state index contributed by atoms with van der Waals surface area (Å²) in [7, 11) is 0. The van der Waals surface area contributed by atoms with Gasteiger partial charge >= 0.3 is 6.18 Å². The molecule has 1 saturated heterocycles. The lowest BCUT2D eigenvalue weighted by molar-refractivity contribution is -0.137. The number of halogens is 5. The number of fused-ring (bicyclic) bond motifs is 1. The molecule has 2 heterocycles. The molecule has 0 radical (unpaired) electrons. The van der Waals surface area contributed by atoms with Crippen LogP contribution < -0.4 is 10.3 Å². The Morgan fingerprint density at radius 3 is 2.22 bits per heavy atom. The van der Waals surface area contributed by atoms with Crippen LogP contribution in [-0.2, 0) is 15.8 Å². The number of anilines is 1. The van der Waals surface area contributed by atoms with Crippen molar-refractivity contribution in [3.05, 3.63) is 29.8 Å². The van der Waals surface area contributed by atoms with Gasteiger partial charge in [0.15, 0.2) is 0 Å². The molecule has 0 spiro atoms. The number of hydrogen-bond acceptors (Lipinski definition) is 4. The highest BCUT2D eigenvalue weighted by molar-refractivity contribution is 6.31. The molecule has 122 valence electrons. The molecule has 1 aromatic carbocycles. The molecular weight excluding hydrogens is 325 g/mol. The zero-order chi connectivity index (χ0) is 16.9. The van der Waals surface area contributed by atoms with Crippen LogP contribution in [0.5, 0.6) is 0 Å². The summed E-state index contributed by atoms with van der Waals surface area (Å²) in [4.78, 5) is 25.0. The number of imide groups is 1. The maximum absolute atomic E-state index is 12.8. The minimum absolute atomic E-state index is 0.113. The first-order valence-electron chi connectivity index (χ1n) is 6.38. The summed E-state index contributed by atoms with van der Waals surface area (Å²) in [5.74, 6) is -3.22. The van der Waals surface area contributed by atoms with Crippen molar-refractivity contribution >= 4 is 23.2 Å². The Bertz CT molecular complexity index is 699. The lowest BCUT2D eigenvalue weighted by Gasteiger charge is -2.16. The molecule has 0 aromatic heterocycles. The molecule has 2 unspecified atom stereocenters. The fourth-order valence-electron chi connectivity index (χ4n) is 2.55. The van der Waals surface area contributed by atoms with E-state index in [1.54, 1.807) is 0 Å². The van der Waals surface area contributed by atoms with Gasteiger partial charge in [0.2, 0.25) is 5.91 Å². The molecule has 0 aliphatic carbocycles. The number of rotatable bonds is 2. The summed E-state index contributed by atoms with van der Waals surface area (Å²) >= 11 is 0. The van der Waals surface area contributed by atoms with Gasteiger partial charge in [-0.3, -0.25) is 15.0 Å². The van der Waals surface area contributed by atoms with Gasteiger partial charge in [0, 0.05) is 0 Å². The van der Waals surface area contributed by atoms with Gasteiger partial charge in [0.1, 0.15) is 17.7 Å². The van der Waals surface area contributed by atoms with Crippen molar-refractivity contribution in [3.8, 4) is 0 Å². The smallest absolute Gasteiger partial charge is 0.296 e. The quantitative estimate of drug-likeness (QED) is 0.663. The summed E-state index contributed by atoms with van der Waals surface area (Å²) in [6.45, 7) is 0. The molecule has 0 bridgehead atoms. The number of alkyl halides is 5. The van der Waals surface area contributed by atoms with Crippen LogP contribution in [0.3, 0.4) is 0 Å². The molecule has 2 atom stereocenters. The summed E-state index contributed by atoms with van der Waals surface area (Å²) in [6.07, 6.45) is -7.58. The maximum atomic E-state index is 12.8. The van der Waals surface area contributed by atoms with Gasteiger partial charge in [-0.05, 0) is 24.3 Å². The van der Waals surface area contributed by atoms with Gasteiger partial charge in [-0.2, -0.15) is 18.3 Å². The normalized spacial score (nSPS) is 24.1. The van der Waals surface area contributed by atoms with E-state index in [0.29, 0.717) is 17.0 Å². The Balaban J connectivity index is 1.91. The van der Waals surface area contributed by atoms with E-state index in [9.17, 15) is 31.5 Å². The predicted molar refractivity (Wildman–Crippen MR) is 67.8 cm³/mol. The van der Waals surface area contributed by atoms with E-state index in [4.69, 9.17) is 0 Å². The van der Waals surface area contributed by atoms with Crippen molar-refractivity contribution in [1.82, 2.24) is 5.43 Å². The molecule has 1 aromatic rings. The number of nitrogens with one attached hydrogen (secondary N) is 1. The molecular formula is C13H8F5N3O2. The number of hydrazone groups is 1. The highest BCUT2D eigenvalue weighted by Gasteiger charge is 2.55. The van der Waals surface area contributed by atoms with Gasteiger partial charge in [0.25, 0.3) is 12.3 Å². The molecule has 0 saturated carbocycles. The van der Waals surface area contributed by atoms with Crippen molar-refractivity contribution in [2.24, 2.45) is 11.0 Å². The summed E-state index contributed by atoms with van der Waals surface area (Å²) < 4.78 is 63.2. The van der Waals surface area contributed by atoms with E-state index < -0.39 is 47.7 Å². The van der Waals surface area contributed by atoms with Gasteiger partial charge in [-0.1, -0.05) is 0 Å². The lowest BCUT2D eigenvalue weighted by Crippen LogP contribution is -2.36. The van der Waals surface area contributed by atoms with Crippen LogP contribution in [-0.4, -0.2) is 30.0 Å². The fourth-order valence-corrected chi connectivity index (χ4v) is 2.55. The third-order valence-electron chi connectivity index (χ3n) is 3.63. The molecule has 10 heteroatoms. The van der Waals surface area contributed by atoms with Crippen LogP contribution in [0.1, 0.15) is 5.56 Å². The van der Waals surface area contributed by atoms with Crippen LogP contribution in [0.2, 0.25) is 0 Å². The number of nitrogens with zero attached hydrogens (tertiary/aromatic N) is 2. The summed E-state index contributed by atoms with van der Waals surface area (Å²) in [5.41, 5.74) is 0.370. The molecule has 2 aliphatic heterocycles. The first kappa shape index (κ1) is 15.4. The summed E-state index contributed by atoms with van der Waals surface area (Å²) in [6, 6.07) is 2.05. The fraction of sp³-hybridized carbons (Fsp3) is 0.308. The standard InChI is InChI=1S/C13H8F5N3O2/c14-10(15)8-7-9(20-19-8)12(23)21(11(7)22)6-3-1-5(2-4-6)13(16,17)18/h1-4,7,9-10,20H. The molecule has 1 N–H and O–H groups in total. The van der Waals surface area contributed by atoms with E-state index in [1.165, 1.54) is 0 Å². The Morgan fingerprint density at radius 1 is 1.09 bits per heavy atom. The molecule has 2 amide bonds. The van der Waals surface area contributed by atoms with Crippen molar-refractivity contribution in [2.45, 2.75) is 18.6 Å². The minimum atomic E-state index is -4.56. The Kier molecular flexibility index (Phi) is 3.34. The van der Waals surface area contributed by atoms with E-state index >= 15 is 0 Å². The third kappa shape index (κ3) is 2.34. The number of benzene rings is 1. The van der Waals surface area contributed by atoms with Gasteiger partial charge in [-0.15, -0.1) is 0 Å². The second-order valence-corrected chi connectivity index (χ2v) is 4.98. The second kappa shape index (κ2) is 5.00. The zero-order valence-electron chi connectivity index (χ0n) is 11.1. The number of hydrogen-bond donors (Lipinski definition) is 1. The first-order chi connectivity index (χ1) is 10.7. The van der Waals surface area contributed by atoms with Crippen LogP contribution in [0, 0.1) is 5.92 Å². The van der Waals surface area contributed by atoms with Crippen molar-refractivity contribution in [3.63, 3.8) is 0 Å². The van der Waals surface area contributed by atoms with Crippen LogP contribution in [0.25, 0.3) is 0 Å². The summed E-state index contributed by atoms with van der Waals surface area (Å²) in [5, 5.41) is 3.29. The SMILES string of the molecule is O=C1C2NN=C(C(F)F)C2C(=O)N1c1ccc(C(F)(F)F)cc1. The number of amides is 2. The molecule has 5 nitrogen and oxygen atoms in total. The van der Waals surface area contributed by atoms with E-state index in [2.05, 4.69) is 10.5 Å². The Hall–Kier alpha value is -2.52. The largest absolute Gasteiger partial charge is 0.416 e. The Labute approximate surface area is 125 Å². The molecule has 23 heavy (non-hydrogen) atoms. The molecule has 2 aliphatic rings. The minimum Gasteiger partial charge on any atom is -0.296 e. The van der Waals surface area contributed by atoms with E-state index in [1.807, 2.05) is 0 Å². The van der Waals surface area contributed by atoms with E-state index in [0.717, 1.165) is 12.1 Å². The Morgan fingerprint density at radius 2 is 1.70 bits per heavy atom. The molecule has 1 fully saturated rings. The van der Waals surface area contributed by atoms with Gasteiger partial charge in [0.05, 0.1) is 11.3 Å². The van der Waals surface area contributed by atoms with Crippen LogP contribution >= 0.6 is 0 Å². The number of carbonyl (C=O) groups excluding carboxylic acids is 2. The highest BCUT2D eigenvalue weighted by Crippen LogP contribution is 2.34. The average molecular weight is 333 g/mol. The third-order valence-corrected chi connectivity index (χ3v) is 3.63. The second-order valence-electron chi connectivity index (χ2n) is 4.98. The topological polar surface area (TPSA) is 61.8 Å². The number of carbonyl (C=O) groups is 2. The van der Waals surface area contributed by atoms with Crippen LogP contribution in [0.4, 0.5) is 27.6 Å². The van der Waals surface area contributed by atoms with Gasteiger partial charge in [-0.25, -0.2) is 13.7 Å². The van der Waals surface area contributed by atoms with Crippen molar-refractivity contribution < 1.29 is 31.5 Å².